The molecule has 0 bridgehead atoms. The Morgan fingerprint density at radius 3 is 2.54 bits per heavy atom. The minimum absolute atomic E-state index is 0.384. The van der Waals surface area contributed by atoms with Crippen LogP contribution in [0.5, 0.6) is 0 Å². The van der Waals surface area contributed by atoms with Crippen LogP contribution < -0.4 is 16.4 Å². The summed E-state index contributed by atoms with van der Waals surface area (Å²) in [4.78, 5) is 28.1. The van der Waals surface area contributed by atoms with E-state index in [1.807, 2.05) is 6.92 Å². The summed E-state index contributed by atoms with van der Waals surface area (Å²) in [5.74, 6) is 1.13. The van der Waals surface area contributed by atoms with Crippen molar-refractivity contribution in [2.45, 2.75) is 6.92 Å². The minimum atomic E-state index is -0.513. The predicted octanol–water partition coefficient (Wildman–Crippen LogP) is 2.16. The first-order valence-electron chi connectivity index (χ1n) is 7.15. The number of hydrogen-bond acceptors (Lipinski definition) is 7. The number of aromatic nitrogens is 4. The molecule has 0 saturated heterocycles. The fourth-order valence-corrected chi connectivity index (χ4v) is 2.09. The number of hydrogen-bond donors (Lipinski definition) is 3. The number of aryl methyl sites for hydroxylation is 1. The van der Waals surface area contributed by atoms with Gasteiger partial charge in [0.1, 0.15) is 23.8 Å². The lowest BCUT2D eigenvalue weighted by Crippen LogP contribution is -2.13. The van der Waals surface area contributed by atoms with E-state index < -0.39 is 5.91 Å². The molecule has 0 aliphatic carbocycles. The number of benzene rings is 1. The highest BCUT2D eigenvalue weighted by Gasteiger charge is 2.08. The number of carbonyl (C=O) groups excluding carboxylic acids is 1. The van der Waals surface area contributed by atoms with E-state index in [9.17, 15) is 4.79 Å². The third-order valence-corrected chi connectivity index (χ3v) is 3.13. The highest BCUT2D eigenvalue weighted by Crippen LogP contribution is 2.21. The Bertz CT molecular complexity index is 882. The molecule has 3 aromatic rings. The Hall–Kier alpha value is -3.55. The molecule has 0 atom stereocenters. The first-order valence-corrected chi connectivity index (χ1v) is 7.15. The van der Waals surface area contributed by atoms with Gasteiger partial charge in [-0.15, -0.1) is 0 Å². The monoisotopic (exact) mass is 321 g/mol. The number of nitrogens with zero attached hydrogens (tertiary/aromatic N) is 4. The van der Waals surface area contributed by atoms with Crippen molar-refractivity contribution in [1.82, 2.24) is 19.9 Å². The molecule has 4 N–H and O–H groups in total. The molecule has 0 aliphatic heterocycles. The zero-order chi connectivity index (χ0) is 16.9. The average molecular weight is 321 g/mol. The molecule has 2 aromatic heterocycles. The second-order valence-electron chi connectivity index (χ2n) is 4.99. The molecule has 3 rings (SSSR count). The van der Waals surface area contributed by atoms with Crippen molar-refractivity contribution >= 4 is 29.0 Å². The van der Waals surface area contributed by atoms with Crippen LogP contribution in [-0.2, 0) is 0 Å². The quantitative estimate of drug-likeness (QED) is 0.658. The Balaban J connectivity index is 1.82. The molecule has 8 nitrogen and oxygen atoms in total. The lowest BCUT2D eigenvalue weighted by molar-refractivity contribution is 0.100. The van der Waals surface area contributed by atoms with Gasteiger partial charge in [0, 0.05) is 12.3 Å². The van der Waals surface area contributed by atoms with Gasteiger partial charge in [0.15, 0.2) is 0 Å². The summed E-state index contributed by atoms with van der Waals surface area (Å²) < 4.78 is 0. The molecule has 1 amide bonds. The first kappa shape index (κ1) is 15.3. The minimum Gasteiger partial charge on any atom is -0.366 e. The van der Waals surface area contributed by atoms with E-state index in [1.165, 1.54) is 6.33 Å². The Kier molecular flexibility index (Phi) is 4.28. The number of carbonyl (C=O) groups is 1. The molecule has 120 valence electrons. The summed E-state index contributed by atoms with van der Waals surface area (Å²) in [5, 5.41) is 6.12. The van der Waals surface area contributed by atoms with Crippen LogP contribution >= 0.6 is 0 Å². The van der Waals surface area contributed by atoms with Crippen LogP contribution in [0.1, 0.15) is 16.1 Å². The summed E-state index contributed by atoms with van der Waals surface area (Å²) in [6, 6.07) is 8.64. The van der Waals surface area contributed by atoms with Crippen LogP contribution in [0.25, 0.3) is 0 Å². The van der Waals surface area contributed by atoms with Crippen LogP contribution in [0.4, 0.5) is 23.1 Å². The standard InChI is InChI=1S/C16H15N7O/c1-10-7-18-8-15(21-10)23-14-6-13(19-9-20-14)22-12-5-3-2-4-11(12)16(17)24/h2-9H,1H3,(H2,17,24)(H2,19,20,21,22,23). The summed E-state index contributed by atoms with van der Waals surface area (Å²) in [6.45, 7) is 1.85. The fourth-order valence-electron chi connectivity index (χ4n) is 2.09. The van der Waals surface area contributed by atoms with Gasteiger partial charge in [0.05, 0.1) is 23.1 Å². The maximum atomic E-state index is 11.5. The first-order chi connectivity index (χ1) is 11.6. The molecule has 0 aliphatic rings. The smallest absolute Gasteiger partial charge is 0.250 e. The predicted molar refractivity (Wildman–Crippen MR) is 90.3 cm³/mol. The summed E-state index contributed by atoms with van der Waals surface area (Å²) in [5.41, 5.74) is 7.13. The van der Waals surface area contributed by atoms with Gasteiger partial charge in [-0.2, -0.15) is 0 Å². The Morgan fingerprint density at radius 1 is 1.04 bits per heavy atom. The molecule has 0 fully saturated rings. The summed E-state index contributed by atoms with van der Waals surface area (Å²) in [7, 11) is 0. The van der Waals surface area contributed by atoms with Crippen molar-refractivity contribution in [3.05, 3.63) is 60.3 Å². The molecule has 0 unspecified atom stereocenters. The van der Waals surface area contributed by atoms with Crippen molar-refractivity contribution in [3.8, 4) is 0 Å². The van der Waals surface area contributed by atoms with Gasteiger partial charge in [0.25, 0.3) is 5.91 Å². The van der Waals surface area contributed by atoms with E-state index in [2.05, 4.69) is 30.6 Å². The van der Waals surface area contributed by atoms with Crippen molar-refractivity contribution in [3.63, 3.8) is 0 Å². The number of nitrogens with one attached hydrogen (secondary N) is 2. The van der Waals surface area contributed by atoms with E-state index in [0.717, 1.165) is 5.69 Å². The van der Waals surface area contributed by atoms with Gasteiger partial charge in [-0.3, -0.25) is 9.78 Å². The molecule has 0 spiro atoms. The molecule has 0 saturated carbocycles. The maximum Gasteiger partial charge on any atom is 0.250 e. The van der Waals surface area contributed by atoms with E-state index in [0.29, 0.717) is 28.7 Å². The maximum absolute atomic E-state index is 11.5. The fraction of sp³-hybridized carbons (Fsp3) is 0.0625. The van der Waals surface area contributed by atoms with E-state index in [-0.39, 0.29) is 0 Å². The van der Waals surface area contributed by atoms with Gasteiger partial charge in [-0.05, 0) is 19.1 Å². The van der Waals surface area contributed by atoms with Crippen molar-refractivity contribution in [1.29, 1.82) is 0 Å². The van der Waals surface area contributed by atoms with Crippen LogP contribution in [0.15, 0.2) is 49.1 Å². The third kappa shape index (κ3) is 3.61. The molecule has 1 aromatic carbocycles. The van der Waals surface area contributed by atoms with Gasteiger partial charge in [-0.25, -0.2) is 15.0 Å². The van der Waals surface area contributed by atoms with E-state index in [4.69, 9.17) is 5.73 Å². The van der Waals surface area contributed by atoms with Crippen molar-refractivity contribution < 1.29 is 4.79 Å². The summed E-state index contributed by atoms with van der Waals surface area (Å²) in [6.07, 6.45) is 4.67. The second-order valence-corrected chi connectivity index (χ2v) is 4.99. The number of rotatable bonds is 5. The van der Waals surface area contributed by atoms with E-state index in [1.54, 1.807) is 42.7 Å². The SMILES string of the molecule is Cc1cncc(Nc2cc(Nc3ccccc3C(N)=O)ncn2)n1. The lowest BCUT2D eigenvalue weighted by atomic mass is 10.1. The van der Waals surface area contributed by atoms with Gasteiger partial charge < -0.3 is 16.4 Å². The molecule has 24 heavy (non-hydrogen) atoms. The molecule has 0 radical (unpaired) electrons. The van der Waals surface area contributed by atoms with Gasteiger partial charge in [0.2, 0.25) is 0 Å². The number of anilines is 4. The highest BCUT2D eigenvalue weighted by atomic mass is 16.1. The normalized spacial score (nSPS) is 10.2. The molecular formula is C16H15N7O. The van der Waals surface area contributed by atoms with Gasteiger partial charge in [-0.1, -0.05) is 12.1 Å². The van der Waals surface area contributed by atoms with Crippen LogP contribution in [0.3, 0.4) is 0 Å². The molecule has 2 heterocycles. The van der Waals surface area contributed by atoms with Gasteiger partial charge >= 0.3 is 0 Å². The van der Waals surface area contributed by atoms with Crippen LogP contribution in [0.2, 0.25) is 0 Å². The van der Waals surface area contributed by atoms with Crippen LogP contribution in [-0.4, -0.2) is 25.8 Å². The number of primary amides is 1. The Morgan fingerprint density at radius 2 is 1.79 bits per heavy atom. The third-order valence-electron chi connectivity index (χ3n) is 3.13. The topological polar surface area (TPSA) is 119 Å². The van der Waals surface area contributed by atoms with Crippen molar-refractivity contribution in [2.24, 2.45) is 5.73 Å². The number of para-hydroxylation sites is 1. The molecule has 8 heteroatoms. The number of nitrogens with two attached hydrogens (primary N) is 1. The zero-order valence-electron chi connectivity index (χ0n) is 12.9. The lowest BCUT2D eigenvalue weighted by Gasteiger charge is -2.10. The summed E-state index contributed by atoms with van der Waals surface area (Å²) >= 11 is 0. The van der Waals surface area contributed by atoms with E-state index >= 15 is 0 Å². The Labute approximate surface area is 138 Å². The van der Waals surface area contributed by atoms with Crippen molar-refractivity contribution in [2.75, 3.05) is 10.6 Å². The zero-order valence-corrected chi connectivity index (χ0v) is 12.9. The average Bonchev–Trinajstić information content (AvgIpc) is 2.55. The van der Waals surface area contributed by atoms with Crippen LogP contribution in [0, 0.1) is 6.92 Å². The number of amides is 1. The molecular weight excluding hydrogens is 306 g/mol. The highest BCUT2D eigenvalue weighted by molar-refractivity contribution is 5.99. The second kappa shape index (κ2) is 6.69. The largest absolute Gasteiger partial charge is 0.366 e.